The Bertz CT molecular complexity index is 838. The highest BCUT2D eigenvalue weighted by Crippen LogP contribution is 2.28. The molecule has 2 aromatic carbocycles. The quantitative estimate of drug-likeness (QED) is 0.439. The van der Waals surface area contributed by atoms with Gasteiger partial charge in [-0.05, 0) is 52.9 Å². The molecule has 0 spiro atoms. The molecule has 25 heavy (non-hydrogen) atoms. The van der Waals surface area contributed by atoms with Gasteiger partial charge in [0, 0.05) is 34.4 Å². The van der Waals surface area contributed by atoms with Gasteiger partial charge in [-0.25, -0.2) is 0 Å². The highest BCUT2D eigenvalue weighted by atomic mass is 127. The number of nitrogens with zero attached hydrogens (tertiary/aromatic N) is 2. The van der Waals surface area contributed by atoms with Crippen molar-refractivity contribution in [3.8, 4) is 0 Å². The van der Waals surface area contributed by atoms with Gasteiger partial charge in [0.15, 0.2) is 0 Å². The molecule has 1 aliphatic rings. The van der Waals surface area contributed by atoms with E-state index in [0.717, 1.165) is 3.57 Å². The molecular weight excluding hydrogens is 437 g/mol. The molecule has 2 amide bonds. The van der Waals surface area contributed by atoms with E-state index in [2.05, 4.69) is 27.9 Å². The lowest BCUT2D eigenvalue weighted by Crippen LogP contribution is -2.28. The zero-order valence-corrected chi connectivity index (χ0v) is 15.2. The Morgan fingerprint density at radius 2 is 1.96 bits per heavy atom. The van der Waals surface area contributed by atoms with Crippen LogP contribution in [0.15, 0.2) is 48.5 Å². The average Bonchev–Trinajstić information content (AvgIpc) is 2.99. The largest absolute Gasteiger partial charge is 0.326 e. The summed E-state index contributed by atoms with van der Waals surface area (Å²) in [5.74, 6) is -0.947. The Hall–Kier alpha value is -2.49. The number of amides is 2. The minimum atomic E-state index is -0.509. The normalized spacial score (nSPS) is 16.8. The number of carbonyl (C=O) groups is 2. The summed E-state index contributed by atoms with van der Waals surface area (Å²) in [5.41, 5.74) is 1.02. The third kappa shape index (κ3) is 3.95. The summed E-state index contributed by atoms with van der Waals surface area (Å²) in [6.45, 7) is 0.205. The van der Waals surface area contributed by atoms with Gasteiger partial charge in [-0.3, -0.25) is 19.7 Å². The lowest BCUT2D eigenvalue weighted by Gasteiger charge is -2.16. The highest BCUT2D eigenvalue weighted by molar-refractivity contribution is 14.1. The molecule has 0 saturated carbocycles. The molecule has 8 heteroatoms. The second-order valence-electron chi connectivity index (χ2n) is 5.68. The second kappa shape index (κ2) is 7.18. The van der Waals surface area contributed by atoms with Crippen molar-refractivity contribution in [3.63, 3.8) is 0 Å². The minimum absolute atomic E-state index is 0.0822. The van der Waals surface area contributed by atoms with E-state index in [4.69, 9.17) is 0 Å². The number of rotatable bonds is 4. The highest BCUT2D eigenvalue weighted by Gasteiger charge is 2.35. The van der Waals surface area contributed by atoms with Gasteiger partial charge in [0.25, 0.3) is 5.69 Å². The van der Waals surface area contributed by atoms with Gasteiger partial charge in [-0.15, -0.1) is 0 Å². The Labute approximate surface area is 157 Å². The first-order valence-corrected chi connectivity index (χ1v) is 8.63. The van der Waals surface area contributed by atoms with Gasteiger partial charge >= 0.3 is 0 Å². The van der Waals surface area contributed by atoms with Crippen molar-refractivity contribution in [3.05, 3.63) is 62.2 Å². The van der Waals surface area contributed by atoms with Crippen LogP contribution in [0.25, 0.3) is 0 Å². The van der Waals surface area contributed by atoms with E-state index in [0.29, 0.717) is 11.4 Å². The summed E-state index contributed by atoms with van der Waals surface area (Å²) < 4.78 is 1.06. The molecule has 0 radical (unpaired) electrons. The standard InChI is InChI=1S/C17H14IN3O4/c18-12-4-6-13(7-5-12)19-17(23)11-8-16(22)20(10-11)14-2-1-3-15(9-14)21(24)25/h1-7,9,11H,8,10H2,(H,19,23)/t11-/m1/s1. The molecule has 1 atom stereocenters. The molecule has 0 unspecified atom stereocenters. The zero-order chi connectivity index (χ0) is 18.0. The zero-order valence-electron chi connectivity index (χ0n) is 13.0. The molecule has 128 valence electrons. The molecule has 2 aromatic rings. The van der Waals surface area contributed by atoms with E-state index in [1.165, 1.54) is 23.1 Å². The van der Waals surface area contributed by atoms with Gasteiger partial charge < -0.3 is 10.2 Å². The summed E-state index contributed by atoms with van der Waals surface area (Å²) in [7, 11) is 0. The van der Waals surface area contributed by atoms with E-state index in [1.54, 1.807) is 18.2 Å². The van der Waals surface area contributed by atoms with E-state index >= 15 is 0 Å². The Balaban J connectivity index is 1.71. The third-order valence-electron chi connectivity index (χ3n) is 3.96. The smallest absolute Gasteiger partial charge is 0.271 e. The summed E-state index contributed by atoms with van der Waals surface area (Å²) in [6.07, 6.45) is 0.0822. The third-order valence-corrected chi connectivity index (χ3v) is 4.68. The summed E-state index contributed by atoms with van der Waals surface area (Å²) in [5, 5.41) is 13.7. The van der Waals surface area contributed by atoms with Crippen LogP contribution in [0, 0.1) is 19.6 Å². The van der Waals surface area contributed by atoms with Crippen molar-refractivity contribution in [2.24, 2.45) is 5.92 Å². The fourth-order valence-corrected chi connectivity index (χ4v) is 3.04. The average molecular weight is 451 g/mol. The maximum absolute atomic E-state index is 12.4. The number of hydrogen-bond acceptors (Lipinski definition) is 4. The molecule has 0 aliphatic carbocycles. The van der Waals surface area contributed by atoms with Crippen LogP contribution in [0.5, 0.6) is 0 Å². The van der Waals surface area contributed by atoms with Crippen LogP contribution in [0.3, 0.4) is 0 Å². The fraction of sp³-hybridized carbons (Fsp3) is 0.176. The summed E-state index contributed by atoms with van der Waals surface area (Å²) in [6, 6.07) is 13.2. The van der Waals surface area contributed by atoms with Crippen LogP contribution < -0.4 is 10.2 Å². The molecule has 1 heterocycles. The number of benzene rings is 2. The topological polar surface area (TPSA) is 92.6 Å². The van der Waals surface area contributed by atoms with Crippen molar-refractivity contribution in [1.82, 2.24) is 0 Å². The first-order chi connectivity index (χ1) is 11.9. The van der Waals surface area contributed by atoms with E-state index in [1.807, 2.05) is 12.1 Å². The molecule has 0 bridgehead atoms. The second-order valence-corrected chi connectivity index (χ2v) is 6.92. The van der Waals surface area contributed by atoms with Crippen LogP contribution in [-0.2, 0) is 9.59 Å². The van der Waals surface area contributed by atoms with Crippen LogP contribution in [0.2, 0.25) is 0 Å². The fourth-order valence-electron chi connectivity index (χ4n) is 2.68. The van der Waals surface area contributed by atoms with Crippen molar-refractivity contribution in [2.45, 2.75) is 6.42 Å². The van der Waals surface area contributed by atoms with Crippen LogP contribution >= 0.6 is 22.6 Å². The van der Waals surface area contributed by atoms with Crippen molar-refractivity contribution in [2.75, 3.05) is 16.8 Å². The molecule has 0 aromatic heterocycles. The molecular formula is C17H14IN3O4. The predicted octanol–water partition coefficient (Wildman–Crippen LogP) is 3.19. The van der Waals surface area contributed by atoms with Gasteiger partial charge in [0.2, 0.25) is 11.8 Å². The van der Waals surface area contributed by atoms with Gasteiger partial charge in [0.05, 0.1) is 16.5 Å². The van der Waals surface area contributed by atoms with E-state index < -0.39 is 10.8 Å². The summed E-state index contributed by atoms with van der Waals surface area (Å²) >= 11 is 2.18. The Kier molecular flexibility index (Phi) is 4.98. The Morgan fingerprint density at radius 3 is 2.64 bits per heavy atom. The summed E-state index contributed by atoms with van der Waals surface area (Å²) in [4.78, 5) is 36.4. The lowest BCUT2D eigenvalue weighted by atomic mass is 10.1. The van der Waals surface area contributed by atoms with Gasteiger partial charge in [-0.2, -0.15) is 0 Å². The molecule has 1 fully saturated rings. The number of nitrogens with one attached hydrogen (secondary N) is 1. The Morgan fingerprint density at radius 1 is 1.24 bits per heavy atom. The molecule has 1 saturated heterocycles. The minimum Gasteiger partial charge on any atom is -0.326 e. The number of halogens is 1. The number of non-ortho nitro benzene ring substituents is 1. The SMILES string of the molecule is O=C(Nc1ccc(I)cc1)[C@@H]1CC(=O)N(c2cccc([N+](=O)[O-])c2)C1. The first-order valence-electron chi connectivity index (χ1n) is 7.55. The maximum Gasteiger partial charge on any atom is 0.271 e. The van der Waals surface area contributed by atoms with Gasteiger partial charge in [-0.1, -0.05) is 6.07 Å². The van der Waals surface area contributed by atoms with Crippen LogP contribution in [0.1, 0.15) is 6.42 Å². The number of hydrogen-bond donors (Lipinski definition) is 1. The number of anilines is 2. The lowest BCUT2D eigenvalue weighted by molar-refractivity contribution is -0.384. The van der Waals surface area contributed by atoms with Crippen LogP contribution in [0.4, 0.5) is 17.1 Å². The van der Waals surface area contributed by atoms with Crippen molar-refractivity contribution < 1.29 is 14.5 Å². The predicted molar refractivity (Wildman–Crippen MR) is 101 cm³/mol. The van der Waals surface area contributed by atoms with Crippen LogP contribution in [-0.4, -0.2) is 23.3 Å². The molecule has 1 aliphatic heterocycles. The van der Waals surface area contributed by atoms with Gasteiger partial charge in [0.1, 0.15) is 0 Å². The number of nitro benzene ring substituents is 1. The number of nitro groups is 1. The molecule has 7 nitrogen and oxygen atoms in total. The monoisotopic (exact) mass is 451 g/mol. The first kappa shape index (κ1) is 17.3. The van der Waals surface area contributed by atoms with E-state index in [9.17, 15) is 19.7 Å². The van der Waals surface area contributed by atoms with E-state index in [-0.39, 0.29) is 30.5 Å². The van der Waals surface area contributed by atoms with Crippen molar-refractivity contribution in [1.29, 1.82) is 0 Å². The molecule has 1 N–H and O–H groups in total. The van der Waals surface area contributed by atoms with Crippen molar-refractivity contribution >= 4 is 51.5 Å². The maximum atomic E-state index is 12.4. The number of carbonyl (C=O) groups excluding carboxylic acids is 2. The molecule has 3 rings (SSSR count).